The van der Waals surface area contributed by atoms with Crippen LogP contribution in [0.15, 0.2) is 103 Å². The molecule has 7 heteroatoms. The maximum atomic E-state index is 14.4. The third-order valence-corrected chi connectivity index (χ3v) is 7.01. The Morgan fingerprint density at radius 2 is 1.14 bits per heavy atom. The smallest absolute Gasteiger partial charge is 0.342 e. The van der Waals surface area contributed by atoms with Gasteiger partial charge in [-0.2, -0.15) is 13.2 Å². The molecule has 0 bridgehead atoms. The zero-order chi connectivity index (χ0) is 31.0. The third kappa shape index (κ3) is 8.05. The molecule has 4 aromatic carbocycles. The first kappa shape index (κ1) is 32.5. The molecule has 0 spiro atoms. The van der Waals surface area contributed by atoms with E-state index in [0.717, 1.165) is 36.6 Å². The van der Waals surface area contributed by atoms with Gasteiger partial charge in [0.2, 0.25) is 5.91 Å². The molecule has 0 radical (unpaired) electrons. The molecule has 4 rings (SSSR count). The third-order valence-electron chi connectivity index (χ3n) is 7.01. The fraction of sp³-hybridized carbons (Fsp3) is 0.286. The summed E-state index contributed by atoms with van der Waals surface area (Å²) in [5, 5.41) is 2.99. The summed E-state index contributed by atoms with van der Waals surface area (Å²) >= 11 is 0. The number of nitrogens with one attached hydrogen (secondary N) is 1. The summed E-state index contributed by atoms with van der Waals surface area (Å²) in [5.74, 6) is -3.65. The van der Waals surface area contributed by atoms with Gasteiger partial charge in [-0.3, -0.25) is 4.79 Å². The van der Waals surface area contributed by atoms with Crippen LogP contribution in [0.4, 0.5) is 22.0 Å². The Bertz CT molecular complexity index is 1380. The Kier molecular flexibility index (Phi) is 10.7. The lowest BCUT2D eigenvalue weighted by atomic mass is 9.76. The van der Waals surface area contributed by atoms with Gasteiger partial charge in [0.25, 0.3) is 5.92 Å². The Morgan fingerprint density at radius 3 is 1.67 bits per heavy atom. The Hall–Kier alpha value is -4.00. The Balaban J connectivity index is 0.00000237. The first-order chi connectivity index (χ1) is 19.9. The van der Waals surface area contributed by atoms with E-state index in [1.165, 1.54) is 30.3 Å². The molecule has 0 fully saturated rings. The minimum atomic E-state index is -4.64. The van der Waals surface area contributed by atoms with E-state index >= 15 is 0 Å². The van der Waals surface area contributed by atoms with Gasteiger partial charge in [-0.05, 0) is 52.4 Å². The molecule has 1 amide bonds. The minimum absolute atomic E-state index is 0.0361. The van der Waals surface area contributed by atoms with E-state index in [1.807, 2.05) is 45.0 Å². The van der Waals surface area contributed by atoms with Crippen LogP contribution in [0.3, 0.4) is 0 Å². The van der Waals surface area contributed by atoms with Gasteiger partial charge >= 0.3 is 6.18 Å². The van der Waals surface area contributed by atoms with Gasteiger partial charge in [-0.25, -0.2) is 8.78 Å². The number of alkyl halides is 5. The maximum absolute atomic E-state index is 14.4. The van der Waals surface area contributed by atoms with Crippen molar-refractivity contribution in [1.29, 1.82) is 0 Å². The molecule has 222 valence electrons. The van der Waals surface area contributed by atoms with Crippen molar-refractivity contribution in [2.75, 3.05) is 0 Å². The monoisotopic (exact) mass is 581 g/mol. The second-order valence-electron chi connectivity index (χ2n) is 10.0. The van der Waals surface area contributed by atoms with Crippen molar-refractivity contribution in [3.63, 3.8) is 0 Å². The molecule has 0 heterocycles. The van der Waals surface area contributed by atoms with Crippen molar-refractivity contribution in [2.45, 2.75) is 64.6 Å². The van der Waals surface area contributed by atoms with Gasteiger partial charge in [-0.1, -0.05) is 106 Å². The molecule has 2 nitrogen and oxygen atoms in total. The molecule has 0 saturated carbocycles. The minimum Gasteiger partial charge on any atom is -0.342 e. The SMILES string of the molecule is CC.CCc1ccc(CC(=O)NC(Cc2ccccc2)(c2cccc(C(C)(F)F)c2)c2cccc(C(F)(F)F)c2)cc1. The highest BCUT2D eigenvalue weighted by molar-refractivity contribution is 5.80. The lowest BCUT2D eigenvalue weighted by Gasteiger charge is -2.37. The van der Waals surface area contributed by atoms with Gasteiger partial charge in [0.1, 0.15) is 0 Å². The van der Waals surface area contributed by atoms with Gasteiger partial charge in [0.05, 0.1) is 17.5 Å². The van der Waals surface area contributed by atoms with Crippen molar-refractivity contribution in [2.24, 2.45) is 0 Å². The number of aryl methyl sites for hydroxylation is 1. The number of rotatable bonds is 9. The van der Waals surface area contributed by atoms with Gasteiger partial charge < -0.3 is 5.32 Å². The van der Waals surface area contributed by atoms with E-state index in [0.29, 0.717) is 5.56 Å². The second kappa shape index (κ2) is 13.8. The largest absolute Gasteiger partial charge is 0.416 e. The first-order valence-electron chi connectivity index (χ1n) is 14.0. The van der Waals surface area contributed by atoms with Gasteiger partial charge in [-0.15, -0.1) is 0 Å². The topological polar surface area (TPSA) is 29.1 Å². The molecule has 0 saturated heterocycles. The average molecular weight is 582 g/mol. The number of amides is 1. The standard InChI is InChI=1S/C33H30F5NO.C2H6/c1-3-23-15-17-24(18-16-23)19-30(40)39-32(22-25-9-5-4-6-10-25,27-12-7-11-26(20-27)31(2,34)35)28-13-8-14-29(21-28)33(36,37)38;1-2/h4-18,20-21H,3,19,22H2,1-2H3,(H,39,40);1-2H3. The second-order valence-corrected chi connectivity index (χ2v) is 10.0. The van der Waals surface area contributed by atoms with E-state index in [4.69, 9.17) is 0 Å². The number of benzene rings is 4. The van der Waals surface area contributed by atoms with Crippen LogP contribution in [0, 0.1) is 0 Å². The van der Waals surface area contributed by atoms with Crippen molar-refractivity contribution in [1.82, 2.24) is 5.32 Å². The highest BCUT2D eigenvalue weighted by Crippen LogP contribution is 2.39. The van der Waals surface area contributed by atoms with Crippen LogP contribution in [-0.4, -0.2) is 5.91 Å². The number of hydrogen-bond donors (Lipinski definition) is 1. The molecule has 1 atom stereocenters. The number of halogens is 5. The van der Waals surface area contributed by atoms with Crippen molar-refractivity contribution in [3.05, 3.63) is 142 Å². The predicted molar refractivity (Wildman–Crippen MR) is 157 cm³/mol. The Labute approximate surface area is 244 Å². The van der Waals surface area contributed by atoms with E-state index in [2.05, 4.69) is 5.32 Å². The Morgan fingerprint density at radius 1 is 0.643 bits per heavy atom. The van der Waals surface area contributed by atoms with Crippen molar-refractivity contribution >= 4 is 5.91 Å². The van der Waals surface area contributed by atoms with Crippen molar-refractivity contribution < 1.29 is 26.7 Å². The lowest BCUT2D eigenvalue weighted by Crippen LogP contribution is -2.49. The van der Waals surface area contributed by atoms with Crippen LogP contribution in [0.5, 0.6) is 0 Å². The molecule has 4 aromatic rings. The zero-order valence-corrected chi connectivity index (χ0v) is 24.2. The molecular formula is C35H36F5NO. The summed E-state index contributed by atoms with van der Waals surface area (Å²) in [4.78, 5) is 13.6. The fourth-order valence-corrected chi connectivity index (χ4v) is 4.84. The number of hydrogen-bond acceptors (Lipinski definition) is 1. The van der Waals surface area contributed by atoms with Crippen LogP contribution in [0.1, 0.15) is 66.6 Å². The molecule has 0 aliphatic heterocycles. The highest BCUT2D eigenvalue weighted by atomic mass is 19.4. The van der Waals surface area contributed by atoms with Gasteiger partial charge in [0.15, 0.2) is 0 Å². The van der Waals surface area contributed by atoms with E-state index in [1.54, 1.807) is 36.4 Å². The molecule has 1 N–H and O–H groups in total. The number of carbonyl (C=O) groups excluding carboxylic acids is 1. The zero-order valence-electron chi connectivity index (χ0n) is 24.2. The summed E-state index contributed by atoms with van der Waals surface area (Å²) in [7, 11) is 0. The van der Waals surface area contributed by atoms with Crippen LogP contribution >= 0.6 is 0 Å². The molecule has 0 aliphatic carbocycles. The quantitative estimate of drug-likeness (QED) is 0.196. The maximum Gasteiger partial charge on any atom is 0.416 e. The fourth-order valence-electron chi connectivity index (χ4n) is 4.84. The first-order valence-corrected chi connectivity index (χ1v) is 14.0. The molecule has 1 unspecified atom stereocenters. The van der Waals surface area contributed by atoms with E-state index in [9.17, 15) is 26.7 Å². The summed E-state index contributed by atoms with van der Waals surface area (Å²) in [5.41, 5.74) is 0.139. The number of carbonyl (C=O) groups is 1. The highest BCUT2D eigenvalue weighted by Gasteiger charge is 2.40. The van der Waals surface area contributed by atoms with Crippen molar-refractivity contribution in [3.8, 4) is 0 Å². The van der Waals surface area contributed by atoms with E-state index < -0.39 is 29.1 Å². The lowest BCUT2D eigenvalue weighted by molar-refractivity contribution is -0.137. The molecule has 42 heavy (non-hydrogen) atoms. The van der Waals surface area contributed by atoms with Gasteiger partial charge in [0, 0.05) is 18.9 Å². The average Bonchev–Trinajstić information content (AvgIpc) is 2.98. The van der Waals surface area contributed by atoms with Crippen LogP contribution in [0.25, 0.3) is 0 Å². The van der Waals surface area contributed by atoms with Crippen LogP contribution < -0.4 is 5.32 Å². The predicted octanol–water partition coefficient (Wildman–Crippen LogP) is 9.25. The summed E-state index contributed by atoms with van der Waals surface area (Å²) in [6, 6.07) is 26.6. The summed E-state index contributed by atoms with van der Waals surface area (Å²) in [6.45, 7) is 6.77. The van der Waals surface area contributed by atoms with Crippen LogP contribution in [0.2, 0.25) is 0 Å². The summed E-state index contributed by atoms with van der Waals surface area (Å²) < 4.78 is 70.4. The van der Waals surface area contributed by atoms with E-state index in [-0.39, 0.29) is 29.5 Å². The normalized spacial score (nSPS) is 13.0. The van der Waals surface area contributed by atoms with Crippen LogP contribution in [-0.2, 0) is 41.7 Å². The summed E-state index contributed by atoms with van der Waals surface area (Å²) in [6.07, 6.45) is -3.81. The molecule has 0 aromatic heterocycles. The molecule has 0 aliphatic rings. The molecular weight excluding hydrogens is 545 g/mol.